The van der Waals surface area contributed by atoms with Crippen LogP contribution in [0.5, 0.6) is 5.75 Å². The van der Waals surface area contributed by atoms with Crippen LogP contribution in [0.1, 0.15) is 65.7 Å². The van der Waals surface area contributed by atoms with Gasteiger partial charge in [0.25, 0.3) is 0 Å². The van der Waals surface area contributed by atoms with E-state index in [9.17, 15) is 4.79 Å². The molecule has 1 atom stereocenters. The number of ether oxygens (including phenoxy) is 2. The number of benzene rings is 2. The summed E-state index contributed by atoms with van der Waals surface area (Å²) in [5, 5.41) is 0. The van der Waals surface area contributed by atoms with Crippen LogP contribution in [0.25, 0.3) is 0 Å². The number of nitrogens with zero attached hydrogens (tertiary/aromatic N) is 1. The fraction of sp³-hybridized carbons (Fsp3) is 0.360. The smallest absolute Gasteiger partial charge is 0.163 e. The molecule has 4 rings (SSSR count). The third-order valence-electron chi connectivity index (χ3n) is 5.45. The second kappa shape index (κ2) is 10.6. The van der Waals surface area contributed by atoms with Gasteiger partial charge in [-0.1, -0.05) is 30.3 Å². The van der Waals surface area contributed by atoms with Crippen LogP contribution >= 0.6 is 12.4 Å². The number of carbonyl (C=O) groups excluding carboxylic acids is 1. The summed E-state index contributed by atoms with van der Waals surface area (Å²) in [5.41, 5.74) is 3.97. The van der Waals surface area contributed by atoms with E-state index in [1.165, 1.54) is 0 Å². The van der Waals surface area contributed by atoms with E-state index < -0.39 is 0 Å². The molecule has 164 valence electrons. The Morgan fingerprint density at radius 1 is 1.10 bits per heavy atom. The van der Waals surface area contributed by atoms with Gasteiger partial charge < -0.3 is 14.5 Å². The number of fused-ring (bicyclic) bond motifs is 1. The van der Waals surface area contributed by atoms with Gasteiger partial charge in [-0.3, -0.25) is 4.79 Å². The van der Waals surface area contributed by atoms with Gasteiger partial charge >= 0.3 is 0 Å². The van der Waals surface area contributed by atoms with Gasteiger partial charge in [-0.2, -0.15) is 0 Å². The Kier molecular flexibility index (Phi) is 7.88. The highest BCUT2D eigenvalue weighted by molar-refractivity contribution is 5.99. The van der Waals surface area contributed by atoms with Gasteiger partial charge in [-0.15, -0.1) is 12.4 Å². The molecule has 1 aliphatic carbocycles. The number of nitrogens with one attached hydrogen (secondary N) is 1. The van der Waals surface area contributed by atoms with Gasteiger partial charge in [0.1, 0.15) is 17.7 Å². The molecule has 0 amide bonds. The molecule has 1 aromatic heterocycles. The summed E-state index contributed by atoms with van der Waals surface area (Å²) in [4.78, 5) is 20.0. The quantitative estimate of drug-likeness (QED) is 0.492. The summed E-state index contributed by atoms with van der Waals surface area (Å²) in [6, 6.07) is 14.0. The molecule has 0 saturated carbocycles. The molecule has 0 fully saturated rings. The third-order valence-corrected chi connectivity index (χ3v) is 5.45. The summed E-state index contributed by atoms with van der Waals surface area (Å²) in [6.07, 6.45) is 6.46. The van der Waals surface area contributed by atoms with Crippen molar-refractivity contribution in [3.63, 3.8) is 0 Å². The van der Waals surface area contributed by atoms with Crippen LogP contribution in [-0.4, -0.2) is 21.9 Å². The molecule has 0 aliphatic heterocycles. The predicted molar refractivity (Wildman–Crippen MR) is 123 cm³/mol. The Morgan fingerprint density at radius 3 is 2.61 bits per heavy atom. The molecule has 0 saturated heterocycles. The first-order chi connectivity index (χ1) is 14.6. The summed E-state index contributed by atoms with van der Waals surface area (Å²) in [7, 11) is 0. The molecule has 1 heterocycles. The van der Waals surface area contributed by atoms with E-state index in [-0.39, 0.29) is 30.4 Å². The number of carbonyl (C=O) groups is 1. The first-order valence-electron chi connectivity index (χ1n) is 10.6. The summed E-state index contributed by atoms with van der Waals surface area (Å²) in [6.45, 7) is 4.47. The van der Waals surface area contributed by atoms with E-state index in [2.05, 4.69) is 22.1 Å². The van der Waals surface area contributed by atoms with Crippen molar-refractivity contribution in [2.24, 2.45) is 0 Å². The van der Waals surface area contributed by atoms with E-state index in [1.807, 2.05) is 50.4 Å². The van der Waals surface area contributed by atoms with Crippen molar-refractivity contribution in [2.45, 2.75) is 58.3 Å². The van der Waals surface area contributed by atoms with Crippen molar-refractivity contribution >= 4 is 18.2 Å². The average Bonchev–Trinajstić information content (AvgIpc) is 3.26. The maximum absolute atomic E-state index is 12.4. The zero-order chi connectivity index (χ0) is 20.9. The monoisotopic (exact) mass is 440 g/mol. The van der Waals surface area contributed by atoms with Crippen molar-refractivity contribution < 1.29 is 14.3 Å². The largest absolute Gasteiger partial charge is 0.485 e. The van der Waals surface area contributed by atoms with Crippen LogP contribution in [-0.2, 0) is 24.2 Å². The van der Waals surface area contributed by atoms with E-state index in [0.29, 0.717) is 19.4 Å². The van der Waals surface area contributed by atoms with Crippen molar-refractivity contribution in [3.05, 3.63) is 82.9 Å². The normalized spacial score (nSPS) is 14.1. The van der Waals surface area contributed by atoms with Crippen molar-refractivity contribution in [3.8, 4) is 5.75 Å². The van der Waals surface area contributed by atoms with Crippen molar-refractivity contribution in [1.29, 1.82) is 0 Å². The Bertz CT molecular complexity index is 988. The lowest BCUT2D eigenvalue weighted by Gasteiger charge is -2.25. The molecule has 2 aromatic carbocycles. The summed E-state index contributed by atoms with van der Waals surface area (Å²) >= 11 is 0. The lowest BCUT2D eigenvalue weighted by Crippen LogP contribution is -2.18. The maximum atomic E-state index is 12.4. The number of hydrogen-bond acceptors (Lipinski definition) is 4. The van der Waals surface area contributed by atoms with Crippen LogP contribution in [0, 0.1) is 0 Å². The Morgan fingerprint density at radius 2 is 1.90 bits per heavy atom. The summed E-state index contributed by atoms with van der Waals surface area (Å²) < 4.78 is 12.5. The fourth-order valence-corrected chi connectivity index (χ4v) is 3.93. The van der Waals surface area contributed by atoms with Gasteiger partial charge in [0.05, 0.1) is 12.7 Å². The number of rotatable bonds is 8. The highest BCUT2D eigenvalue weighted by Gasteiger charge is 2.25. The van der Waals surface area contributed by atoms with E-state index in [0.717, 1.165) is 46.7 Å². The van der Waals surface area contributed by atoms with Crippen molar-refractivity contribution in [1.82, 2.24) is 9.97 Å². The minimum Gasteiger partial charge on any atom is -0.485 e. The fourth-order valence-electron chi connectivity index (χ4n) is 3.93. The Hall–Kier alpha value is -2.63. The minimum atomic E-state index is -0.201. The van der Waals surface area contributed by atoms with Gasteiger partial charge in [-0.05, 0) is 49.9 Å². The van der Waals surface area contributed by atoms with Crippen LogP contribution in [0.4, 0.5) is 0 Å². The van der Waals surface area contributed by atoms with Crippen LogP contribution in [0.3, 0.4) is 0 Å². The molecule has 0 spiro atoms. The topological polar surface area (TPSA) is 64.2 Å². The van der Waals surface area contributed by atoms with E-state index in [4.69, 9.17) is 9.47 Å². The molecule has 3 aromatic rings. The number of H-pyrrole nitrogens is 1. The summed E-state index contributed by atoms with van der Waals surface area (Å²) in [5.74, 6) is 1.87. The van der Waals surface area contributed by atoms with Crippen molar-refractivity contribution in [2.75, 3.05) is 0 Å². The Labute approximate surface area is 189 Å². The minimum absolute atomic E-state index is 0. The highest BCUT2D eigenvalue weighted by atomic mass is 35.5. The molecule has 0 unspecified atom stereocenters. The van der Waals surface area contributed by atoms with E-state index in [1.54, 1.807) is 6.20 Å². The van der Waals surface area contributed by atoms with Gasteiger partial charge in [0, 0.05) is 36.4 Å². The second-order valence-corrected chi connectivity index (χ2v) is 7.96. The zero-order valence-electron chi connectivity index (χ0n) is 18.0. The predicted octanol–water partition coefficient (Wildman–Crippen LogP) is 5.64. The van der Waals surface area contributed by atoms with Crippen LogP contribution in [0.15, 0.2) is 54.9 Å². The van der Waals surface area contributed by atoms with Gasteiger partial charge in [0.2, 0.25) is 0 Å². The Balaban J connectivity index is 0.00000272. The van der Waals surface area contributed by atoms with Gasteiger partial charge in [-0.25, -0.2) is 4.98 Å². The molecule has 1 N–H and O–H groups in total. The molecule has 0 bridgehead atoms. The lowest BCUT2D eigenvalue weighted by atomic mass is 9.87. The average molecular weight is 441 g/mol. The molecular weight excluding hydrogens is 412 g/mol. The number of ketones is 1. The molecule has 5 nitrogen and oxygen atoms in total. The lowest BCUT2D eigenvalue weighted by molar-refractivity contribution is 0.0622. The molecular formula is C25H29ClN2O3. The number of aromatic nitrogens is 2. The third kappa shape index (κ3) is 5.54. The zero-order valence-corrected chi connectivity index (χ0v) is 18.8. The van der Waals surface area contributed by atoms with Gasteiger partial charge in [0.15, 0.2) is 5.78 Å². The van der Waals surface area contributed by atoms with E-state index >= 15 is 0 Å². The number of halogens is 1. The standard InChI is InChI=1S/C25H28N2O3.ClH/c1-17(2)29-16-21-19-9-6-10-22(28)20(19)11-12-23(21)30-24(15-25-26-13-14-27-25)18-7-4-3-5-8-18;/h3-5,7-8,11-14,17,24H,6,9-10,15-16H2,1-2H3,(H,26,27);1H/t24-;/m0./s1. The van der Waals surface area contributed by atoms with Crippen LogP contribution in [0.2, 0.25) is 0 Å². The number of Topliss-reactive ketones (excluding diaryl/α,β-unsaturated/α-hetero) is 1. The second-order valence-electron chi connectivity index (χ2n) is 7.96. The maximum Gasteiger partial charge on any atom is 0.163 e. The van der Waals surface area contributed by atoms with Crippen LogP contribution < -0.4 is 4.74 Å². The molecule has 6 heteroatoms. The number of imidazole rings is 1. The first kappa shape index (κ1) is 23.0. The molecule has 1 aliphatic rings. The highest BCUT2D eigenvalue weighted by Crippen LogP contribution is 2.35. The number of aromatic amines is 1. The molecule has 31 heavy (non-hydrogen) atoms. The first-order valence-corrected chi connectivity index (χ1v) is 10.6. The number of hydrogen-bond donors (Lipinski definition) is 1. The SMILES string of the molecule is CC(C)OCc1c(O[C@@H](Cc2ncc[nH]2)c2ccccc2)ccc2c1CCCC2=O.Cl. The molecule has 0 radical (unpaired) electrons.